The molecule has 20 heavy (non-hydrogen) atoms. The van der Waals surface area contributed by atoms with Crippen LogP contribution in [-0.2, 0) is 6.54 Å². The summed E-state index contributed by atoms with van der Waals surface area (Å²) in [6, 6.07) is 5.46. The third-order valence-electron chi connectivity index (χ3n) is 2.31. The highest BCUT2D eigenvalue weighted by molar-refractivity contribution is 8.02. The molecule has 0 unspecified atom stereocenters. The Morgan fingerprint density at radius 1 is 1.20 bits per heavy atom. The third kappa shape index (κ3) is 4.53. The summed E-state index contributed by atoms with van der Waals surface area (Å²) in [6.07, 6.45) is 0. The largest absolute Gasteiger partial charge is 0.329 e. The molecule has 0 aliphatic carbocycles. The van der Waals surface area contributed by atoms with Crippen molar-refractivity contribution in [2.45, 2.75) is 16.6 Å². The molecular weight excluding hydrogens is 337 g/mol. The van der Waals surface area contributed by atoms with Gasteiger partial charge in [0, 0.05) is 28.0 Å². The first-order valence-electron chi connectivity index (χ1n) is 5.87. The lowest BCUT2D eigenvalue weighted by atomic mass is 10.4. The maximum Gasteiger partial charge on any atom is 0.209 e. The maximum atomic E-state index is 6.10. The predicted octanol–water partition coefficient (Wildman–Crippen LogP) is 2.82. The van der Waals surface area contributed by atoms with Crippen LogP contribution in [0.15, 0.2) is 28.3 Å². The lowest BCUT2D eigenvalue weighted by Crippen LogP contribution is -2.12. The van der Waals surface area contributed by atoms with E-state index in [1.165, 1.54) is 0 Å². The molecule has 0 aliphatic heterocycles. The highest BCUT2D eigenvalue weighted by Gasteiger charge is 2.07. The van der Waals surface area contributed by atoms with Crippen LogP contribution < -0.4 is 5.73 Å². The van der Waals surface area contributed by atoms with Gasteiger partial charge in [0.2, 0.25) is 5.16 Å². The highest BCUT2D eigenvalue weighted by atomic mass is 35.5. The third-order valence-corrected chi connectivity index (χ3v) is 5.26. The SMILES string of the molecule is NCCn1nnnc1SCCSc1cc(Cl)ccc1Cl. The number of aromatic nitrogens is 4. The molecule has 0 saturated carbocycles. The second-order valence-corrected chi connectivity index (χ2v) is 6.79. The van der Waals surface area contributed by atoms with Crippen LogP contribution >= 0.6 is 46.7 Å². The lowest BCUT2D eigenvalue weighted by Gasteiger charge is -2.05. The molecule has 1 heterocycles. The first kappa shape index (κ1) is 15.9. The van der Waals surface area contributed by atoms with Gasteiger partial charge in [0.1, 0.15) is 0 Å². The van der Waals surface area contributed by atoms with E-state index in [9.17, 15) is 0 Å². The van der Waals surface area contributed by atoms with E-state index in [-0.39, 0.29) is 0 Å². The van der Waals surface area contributed by atoms with Gasteiger partial charge in [-0.25, -0.2) is 4.68 Å². The van der Waals surface area contributed by atoms with Gasteiger partial charge in [0.05, 0.1) is 11.6 Å². The van der Waals surface area contributed by atoms with Crippen LogP contribution in [0.2, 0.25) is 10.0 Å². The van der Waals surface area contributed by atoms with Crippen molar-refractivity contribution in [1.82, 2.24) is 20.2 Å². The number of hydrogen-bond acceptors (Lipinski definition) is 6. The number of tetrazole rings is 1. The molecule has 1 aromatic carbocycles. The first-order valence-corrected chi connectivity index (χ1v) is 8.60. The van der Waals surface area contributed by atoms with Crippen LogP contribution in [0.5, 0.6) is 0 Å². The van der Waals surface area contributed by atoms with E-state index in [1.807, 2.05) is 6.07 Å². The van der Waals surface area contributed by atoms with Crippen molar-refractivity contribution in [3.63, 3.8) is 0 Å². The molecule has 0 fully saturated rings. The van der Waals surface area contributed by atoms with Crippen molar-refractivity contribution in [3.8, 4) is 0 Å². The Kier molecular flexibility index (Phi) is 6.44. The Labute approximate surface area is 135 Å². The van der Waals surface area contributed by atoms with E-state index >= 15 is 0 Å². The minimum atomic E-state index is 0.519. The maximum absolute atomic E-state index is 6.10. The number of nitrogens with two attached hydrogens (primary N) is 1. The smallest absolute Gasteiger partial charge is 0.209 e. The van der Waals surface area contributed by atoms with Crippen LogP contribution in [0.3, 0.4) is 0 Å². The monoisotopic (exact) mass is 349 g/mol. The predicted molar refractivity (Wildman–Crippen MR) is 84.8 cm³/mol. The molecule has 108 valence electrons. The van der Waals surface area contributed by atoms with E-state index in [4.69, 9.17) is 28.9 Å². The van der Waals surface area contributed by atoms with Crippen molar-refractivity contribution >= 4 is 46.7 Å². The van der Waals surface area contributed by atoms with Crippen LogP contribution in [-0.4, -0.2) is 38.3 Å². The number of nitrogens with zero attached hydrogens (tertiary/aromatic N) is 4. The highest BCUT2D eigenvalue weighted by Crippen LogP contribution is 2.30. The Balaban J connectivity index is 1.81. The zero-order chi connectivity index (χ0) is 14.4. The van der Waals surface area contributed by atoms with Gasteiger partial charge >= 0.3 is 0 Å². The molecule has 0 bridgehead atoms. The molecule has 0 amide bonds. The molecule has 5 nitrogen and oxygen atoms in total. The van der Waals surface area contributed by atoms with Gasteiger partial charge in [-0.15, -0.1) is 16.9 Å². The Bertz CT molecular complexity index is 563. The molecule has 0 aliphatic rings. The van der Waals surface area contributed by atoms with E-state index in [1.54, 1.807) is 40.3 Å². The van der Waals surface area contributed by atoms with Gasteiger partial charge in [-0.05, 0) is 28.6 Å². The lowest BCUT2D eigenvalue weighted by molar-refractivity contribution is 0.557. The van der Waals surface area contributed by atoms with E-state index in [2.05, 4.69) is 15.5 Å². The van der Waals surface area contributed by atoms with Crippen molar-refractivity contribution in [1.29, 1.82) is 0 Å². The second-order valence-electron chi connectivity index (χ2n) is 3.74. The number of halogens is 2. The summed E-state index contributed by atoms with van der Waals surface area (Å²) in [4.78, 5) is 0.987. The fraction of sp³-hybridized carbons (Fsp3) is 0.364. The van der Waals surface area contributed by atoms with Gasteiger partial charge in [-0.1, -0.05) is 35.0 Å². The molecule has 1 aromatic heterocycles. The summed E-state index contributed by atoms with van der Waals surface area (Å²) in [5.74, 6) is 1.76. The van der Waals surface area contributed by atoms with Crippen LogP contribution in [0.4, 0.5) is 0 Å². The summed E-state index contributed by atoms with van der Waals surface area (Å²) in [5.41, 5.74) is 5.49. The van der Waals surface area contributed by atoms with Crippen molar-refractivity contribution < 1.29 is 0 Å². The van der Waals surface area contributed by atoms with Gasteiger partial charge in [0.25, 0.3) is 0 Å². The zero-order valence-corrected chi connectivity index (χ0v) is 13.6. The minimum absolute atomic E-state index is 0.519. The van der Waals surface area contributed by atoms with Crippen molar-refractivity contribution in [2.24, 2.45) is 5.73 Å². The summed E-state index contributed by atoms with van der Waals surface area (Å²) in [7, 11) is 0. The number of benzene rings is 1. The fourth-order valence-electron chi connectivity index (χ4n) is 1.43. The van der Waals surface area contributed by atoms with Gasteiger partial charge < -0.3 is 5.73 Å². The standard InChI is InChI=1S/C11H13Cl2N5S2/c12-8-1-2-9(13)10(7-8)19-5-6-20-11-15-16-17-18(11)4-3-14/h1-2,7H,3-6,14H2. The van der Waals surface area contributed by atoms with Gasteiger partial charge in [-0.2, -0.15) is 0 Å². The van der Waals surface area contributed by atoms with E-state index in [0.717, 1.165) is 26.6 Å². The average Bonchev–Trinajstić information content (AvgIpc) is 2.86. The van der Waals surface area contributed by atoms with E-state index in [0.29, 0.717) is 18.1 Å². The zero-order valence-electron chi connectivity index (χ0n) is 10.5. The van der Waals surface area contributed by atoms with Crippen LogP contribution in [0.1, 0.15) is 0 Å². The molecule has 0 atom stereocenters. The van der Waals surface area contributed by atoms with Crippen LogP contribution in [0, 0.1) is 0 Å². The minimum Gasteiger partial charge on any atom is -0.329 e. The van der Waals surface area contributed by atoms with E-state index < -0.39 is 0 Å². The Morgan fingerprint density at radius 3 is 2.80 bits per heavy atom. The Morgan fingerprint density at radius 2 is 2.00 bits per heavy atom. The number of rotatable bonds is 7. The molecule has 9 heteroatoms. The molecule has 2 N–H and O–H groups in total. The van der Waals surface area contributed by atoms with Crippen molar-refractivity contribution in [3.05, 3.63) is 28.2 Å². The fourth-order valence-corrected chi connectivity index (χ4v) is 3.81. The number of thioether (sulfide) groups is 2. The molecule has 0 spiro atoms. The van der Waals surface area contributed by atoms with Crippen LogP contribution in [0.25, 0.3) is 0 Å². The van der Waals surface area contributed by atoms with Gasteiger partial charge in [-0.3, -0.25) is 0 Å². The Hall–Kier alpha value is -0.470. The summed E-state index contributed by atoms with van der Waals surface area (Å²) in [6.45, 7) is 1.15. The molecule has 2 aromatic rings. The number of hydrogen-bond donors (Lipinski definition) is 1. The normalized spacial score (nSPS) is 10.9. The molecule has 0 radical (unpaired) electrons. The first-order chi connectivity index (χ1) is 9.70. The topological polar surface area (TPSA) is 69.6 Å². The summed E-state index contributed by atoms with van der Waals surface area (Å²) in [5, 5.41) is 13.7. The average molecular weight is 350 g/mol. The molecule has 2 rings (SSSR count). The van der Waals surface area contributed by atoms with Gasteiger partial charge in [0.15, 0.2) is 0 Å². The molecular formula is C11H13Cl2N5S2. The molecule has 0 saturated heterocycles. The summed E-state index contributed by atoms with van der Waals surface area (Å²) >= 11 is 15.3. The quantitative estimate of drug-likeness (QED) is 0.612. The van der Waals surface area contributed by atoms with Crippen molar-refractivity contribution in [2.75, 3.05) is 18.1 Å². The second kappa shape index (κ2) is 8.09. The summed E-state index contributed by atoms with van der Waals surface area (Å²) < 4.78 is 1.71.